The van der Waals surface area contributed by atoms with E-state index in [1.807, 2.05) is 19.3 Å². The number of hydrogen-bond donors (Lipinski definition) is 0. The van der Waals surface area contributed by atoms with Crippen molar-refractivity contribution in [1.29, 1.82) is 0 Å². The third-order valence-corrected chi connectivity index (χ3v) is 2.50. The topological polar surface area (TPSA) is 52.7 Å². The molecule has 15 heavy (non-hydrogen) atoms. The van der Waals surface area contributed by atoms with Crippen LogP contribution in [0.2, 0.25) is 0 Å². The van der Waals surface area contributed by atoms with Gasteiger partial charge >= 0.3 is 0 Å². The molecule has 0 spiro atoms. The van der Waals surface area contributed by atoms with Crippen molar-refractivity contribution in [3.05, 3.63) is 45.3 Å². The normalized spacial score (nSPS) is 10.5. The summed E-state index contributed by atoms with van der Waals surface area (Å²) in [4.78, 5) is 15.6. The molecule has 0 saturated carbocycles. The number of aryl methyl sites for hydroxylation is 1. The van der Waals surface area contributed by atoms with Gasteiger partial charge in [0.25, 0.3) is 5.56 Å². The van der Waals surface area contributed by atoms with E-state index in [1.165, 1.54) is 17.1 Å². The number of rotatable bonds is 2. The Morgan fingerprint density at radius 2 is 2.33 bits per heavy atom. The molecule has 0 aliphatic heterocycles. The molecule has 2 heterocycles. The third-order valence-electron chi connectivity index (χ3n) is 1.96. The first-order chi connectivity index (χ1) is 7.16. The zero-order valence-electron chi connectivity index (χ0n) is 8.09. The number of aromatic nitrogens is 4. The SMILES string of the molecule is Cn1ccc(Cn2cncc(Br)c2=O)n1. The van der Waals surface area contributed by atoms with E-state index in [1.54, 1.807) is 4.68 Å². The second-order valence-electron chi connectivity index (χ2n) is 3.16. The van der Waals surface area contributed by atoms with E-state index < -0.39 is 0 Å². The lowest BCUT2D eigenvalue weighted by molar-refractivity contribution is 0.679. The maximum atomic E-state index is 11.6. The van der Waals surface area contributed by atoms with Crippen LogP contribution >= 0.6 is 15.9 Å². The van der Waals surface area contributed by atoms with Crippen LogP contribution in [0, 0.1) is 0 Å². The molecule has 0 bridgehead atoms. The van der Waals surface area contributed by atoms with Gasteiger partial charge < -0.3 is 0 Å². The average Bonchev–Trinajstić information content (AvgIpc) is 2.59. The van der Waals surface area contributed by atoms with E-state index in [0.717, 1.165) is 5.69 Å². The van der Waals surface area contributed by atoms with Crippen molar-refractivity contribution in [2.45, 2.75) is 6.54 Å². The smallest absolute Gasteiger partial charge is 0.267 e. The maximum Gasteiger partial charge on any atom is 0.267 e. The second kappa shape index (κ2) is 3.98. The summed E-state index contributed by atoms with van der Waals surface area (Å²) < 4.78 is 3.67. The predicted molar refractivity (Wildman–Crippen MR) is 58.5 cm³/mol. The fourth-order valence-corrected chi connectivity index (χ4v) is 1.60. The highest BCUT2D eigenvalue weighted by Crippen LogP contribution is 2.00. The van der Waals surface area contributed by atoms with E-state index in [-0.39, 0.29) is 5.56 Å². The summed E-state index contributed by atoms with van der Waals surface area (Å²) in [6.07, 6.45) is 4.82. The Kier molecular flexibility index (Phi) is 2.68. The number of nitrogens with zero attached hydrogens (tertiary/aromatic N) is 4. The Morgan fingerprint density at radius 3 is 3.00 bits per heavy atom. The summed E-state index contributed by atoms with van der Waals surface area (Å²) in [7, 11) is 1.84. The molecule has 0 fully saturated rings. The van der Waals surface area contributed by atoms with Gasteiger partial charge in [-0.1, -0.05) is 0 Å². The summed E-state index contributed by atoms with van der Waals surface area (Å²) in [6.45, 7) is 0.437. The molecular weight excluding hydrogens is 260 g/mol. The van der Waals surface area contributed by atoms with Crippen LogP contribution in [0.25, 0.3) is 0 Å². The first-order valence-corrected chi connectivity index (χ1v) is 5.14. The molecular formula is C9H9BrN4O. The van der Waals surface area contributed by atoms with Gasteiger partial charge in [-0.2, -0.15) is 5.10 Å². The molecule has 0 N–H and O–H groups in total. The Balaban J connectivity index is 2.32. The molecule has 78 valence electrons. The largest absolute Gasteiger partial charge is 0.292 e. The second-order valence-corrected chi connectivity index (χ2v) is 4.01. The van der Waals surface area contributed by atoms with Crippen molar-refractivity contribution in [2.24, 2.45) is 7.05 Å². The van der Waals surface area contributed by atoms with Crippen LogP contribution in [0.4, 0.5) is 0 Å². The van der Waals surface area contributed by atoms with E-state index in [2.05, 4.69) is 26.0 Å². The Labute approximate surface area is 94.5 Å². The lowest BCUT2D eigenvalue weighted by Crippen LogP contribution is -2.21. The van der Waals surface area contributed by atoms with Crippen molar-refractivity contribution < 1.29 is 0 Å². The van der Waals surface area contributed by atoms with Crippen LogP contribution in [0.5, 0.6) is 0 Å². The van der Waals surface area contributed by atoms with Gasteiger partial charge in [0, 0.05) is 19.4 Å². The van der Waals surface area contributed by atoms with Gasteiger partial charge in [-0.05, 0) is 22.0 Å². The van der Waals surface area contributed by atoms with Gasteiger partial charge in [0.1, 0.15) is 4.47 Å². The standard InChI is InChI=1S/C9H9BrN4O/c1-13-3-2-7(12-13)5-14-6-11-4-8(10)9(14)15/h2-4,6H,5H2,1H3. The molecule has 0 radical (unpaired) electrons. The highest BCUT2D eigenvalue weighted by atomic mass is 79.9. The molecule has 5 nitrogen and oxygen atoms in total. The lowest BCUT2D eigenvalue weighted by Gasteiger charge is -2.01. The zero-order valence-corrected chi connectivity index (χ0v) is 9.68. The Hall–Kier alpha value is -1.43. The van der Waals surface area contributed by atoms with Crippen molar-refractivity contribution in [2.75, 3.05) is 0 Å². The predicted octanol–water partition coefficient (Wildman–Crippen LogP) is 0.788. The number of halogens is 1. The molecule has 6 heteroatoms. The fourth-order valence-electron chi connectivity index (χ4n) is 1.26. The first-order valence-electron chi connectivity index (χ1n) is 4.35. The van der Waals surface area contributed by atoms with Gasteiger partial charge in [0.2, 0.25) is 0 Å². The minimum Gasteiger partial charge on any atom is -0.292 e. The van der Waals surface area contributed by atoms with Crippen molar-refractivity contribution in [1.82, 2.24) is 19.3 Å². The molecule has 0 saturated heterocycles. The monoisotopic (exact) mass is 268 g/mol. The van der Waals surface area contributed by atoms with Crippen LogP contribution in [0.1, 0.15) is 5.69 Å². The molecule has 0 unspecified atom stereocenters. The number of hydrogen-bond acceptors (Lipinski definition) is 3. The third kappa shape index (κ3) is 2.15. The molecule has 2 aromatic rings. The van der Waals surface area contributed by atoms with Crippen LogP contribution < -0.4 is 5.56 Å². The van der Waals surface area contributed by atoms with Gasteiger partial charge in [-0.25, -0.2) is 4.98 Å². The van der Waals surface area contributed by atoms with Gasteiger partial charge in [-0.15, -0.1) is 0 Å². The highest BCUT2D eigenvalue weighted by Gasteiger charge is 2.03. The molecule has 2 aromatic heterocycles. The Morgan fingerprint density at radius 1 is 1.53 bits per heavy atom. The highest BCUT2D eigenvalue weighted by molar-refractivity contribution is 9.10. The van der Waals surface area contributed by atoms with Gasteiger partial charge in [0.15, 0.2) is 0 Å². The molecule has 0 aliphatic carbocycles. The minimum atomic E-state index is -0.101. The molecule has 0 amide bonds. The minimum absolute atomic E-state index is 0.101. The van der Waals surface area contributed by atoms with Crippen molar-refractivity contribution >= 4 is 15.9 Å². The Bertz CT molecular complexity index is 531. The van der Waals surface area contributed by atoms with Crippen LogP contribution in [0.15, 0.2) is 34.1 Å². The average molecular weight is 269 g/mol. The van der Waals surface area contributed by atoms with E-state index in [0.29, 0.717) is 11.0 Å². The zero-order chi connectivity index (χ0) is 10.8. The van der Waals surface area contributed by atoms with Gasteiger partial charge in [0.05, 0.1) is 18.6 Å². The lowest BCUT2D eigenvalue weighted by atomic mass is 10.4. The van der Waals surface area contributed by atoms with Crippen molar-refractivity contribution in [3.8, 4) is 0 Å². The summed E-state index contributed by atoms with van der Waals surface area (Å²) in [5.74, 6) is 0. The van der Waals surface area contributed by atoms with Crippen LogP contribution in [0.3, 0.4) is 0 Å². The van der Waals surface area contributed by atoms with E-state index >= 15 is 0 Å². The molecule has 2 rings (SSSR count). The maximum absolute atomic E-state index is 11.6. The summed E-state index contributed by atoms with van der Waals surface area (Å²) in [6, 6.07) is 1.87. The van der Waals surface area contributed by atoms with Crippen LogP contribution in [-0.2, 0) is 13.6 Å². The van der Waals surface area contributed by atoms with Gasteiger partial charge in [-0.3, -0.25) is 14.0 Å². The summed E-state index contributed by atoms with van der Waals surface area (Å²) >= 11 is 3.14. The fraction of sp³-hybridized carbons (Fsp3) is 0.222. The van der Waals surface area contributed by atoms with Crippen molar-refractivity contribution in [3.63, 3.8) is 0 Å². The van der Waals surface area contributed by atoms with E-state index in [9.17, 15) is 4.79 Å². The quantitative estimate of drug-likeness (QED) is 0.809. The van der Waals surface area contributed by atoms with Crippen LogP contribution in [-0.4, -0.2) is 19.3 Å². The molecule has 0 aromatic carbocycles. The molecule has 0 atom stereocenters. The summed E-state index contributed by atoms with van der Waals surface area (Å²) in [5, 5.41) is 4.19. The van der Waals surface area contributed by atoms with E-state index in [4.69, 9.17) is 0 Å². The molecule has 0 aliphatic rings. The first kappa shape index (κ1) is 10.1. The summed E-state index contributed by atoms with van der Waals surface area (Å²) in [5.41, 5.74) is 0.732.